The summed E-state index contributed by atoms with van der Waals surface area (Å²) in [6.07, 6.45) is 9.35. The Morgan fingerprint density at radius 3 is 2.67 bits per heavy atom. The van der Waals surface area contributed by atoms with E-state index in [2.05, 4.69) is 53.3 Å². The van der Waals surface area contributed by atoms with Crippen molar-refractivity contribution in [2.45, 2.75) is 25.0 Å². The average molecular weight is 565 g/mol. The maximum absolute atomic E-state index is 6.56. The van der Waals surface area contributed by atoms with Gasteiger partial charge in [-0.2, -0.15) is 0 Å². The minimum Gasteiger partial charge on any atom is -0.491 e. The average Bonchev–Trinajstić information content (AvgIpc) is 3.59. The lowest BCUT2D eigenvalue weighted by Gasteiger charge is -2.30. The van der Waals surface area contributed by atoms with Crippen LogP contribution >= 0.6 is 23.2 Å². The van der Waals surface area contributed by atoms with Gasteiger partial charge in [-0.3, -0.25) is 4.90 Å². The number of benzene rings is 3. The topological polar surface area (TPSA) is 48.8 Å². The molecule has 0 amide bonds. The molecule has 6 nitrogen and oxygen atoms in total. The molecule has 3 aromatic carbocycles. The molecule has 8 heteroatoms. The summed E-state index contributed by atoms with van der Waals surface area (Å²) in [5, 5.41) is 1.04. The van der Waals surface area contributed by atoms with Gasteiger partial charge in [-0.15, -0.1) is 0 Å². The first-order valence-corrected chi connectivity index (χ1v) is 13.6. The molecule has 1 aliphatic heterocycles. The van der Waals surface area contributed by atoms with Crippen LogP contribution in [0.25, 0.3) is 6.08 Å². The molecule has 2 heterocycles. The Morgan fingerprint density at radius 1 is 1.10 bits per heavy atom. The number of hydrogen-bond acceptors (Lipinski definition) is 5. The highest BCUT2D eigenvalue weighted by molar-refractivity contribution is 6.35. The molecule has 4 aromatic rings. The second kappa shape index (κ2) is 12.8. The van der Waals surface area contributed by atoms with Crippen molar-refractivity contribution in [3.05, 3.63) is 124 Å². The molecule has 202 valence electrons. The van der Waals surface area contributed by atoms with E-state index in [9.17, 15) is 0 Å². The molecule has 2 atom stereocenters. The molecule has 1 fully saturated rings. The predicted molar refractivity (Wildman–Crippen MR) is 155 cm³/mol. The normalized spacial score (nSPS) is 19.2. The van der Waals surface area contributed by atoms with Crippen LogP contribution in [0.3, 0.4) is 0 Å². The Kier molecular flexibility index (Phi) is 9.02. The fraction of sp³-hybridized carbons (Fsp3) is 0.258. The lowest BCUT2D eigenvalue weighted by Crippen LogP contribution is -2.34. The molecule has 1 saturated heterocycles. The van der Waals surface area contributed by atoms with Crippen LogP contribution in [-0.4, -0.2) is 47.4 Å². The second-order valence-corrected chi connectivity index (χ2v) is 10.5. The van der Waals surface area contributed by atoms with Gasteiger partial charge in [0.2, 0.25) is 5.79 Å². The van der Waals surface area contributed by atoms with Gasteiger partial charge in [0.25, 0.3) is 0 Å². The van der Waals surface area contributed by atoms with E-state index in [-0.39, 0.29) is 6.10 Å². The molecule has 0 unspecified atom stereocenters. The third-order valence-corrected chi connectivity index (χ3v) is 7.04. The predicted octanol–water partition coefficient (Wildman–Crippen LogP) is 6.68. The van der Waals surface area contributed by atoms with E-state index in [1.807, 2.05) is 47.2 Å². The summed E-state index contributed by atoms with van der Waals surface area (Å²) in [4.78, 5) is 6.40. The zero-order chi connectivity index (χ0) is 27.1. The van der Waals surface area contributed by atoms with E-state index in [0.29, 0.717) is 29.8 Å². The molecular formula is C31H31Cl2N3O3. The van der Waals surface area contributed by atoms with Gasteiger partial charge in [0.1, 0.15) is 18.5 Å². The molecule has 5 rings (SSSR count). The monoisotopic (exact) mass is 563 g/mol. The van der Waals surface area contributed by atoms with Crippen molar-refractivity contribution >= 4 is 29.3 Å². The number of ether oxygens (including phenoxy) is 3. The minimum atomic E-state index is -1.07. The smallest absolute Gasteiger partial charge is 0.215 e. The molecule has 39 heavy (non-hydrogen) atoms. The van der Waals surface area contributed by atoms with E-state index < -0.39 is 5.79 Å². The van der Waals surface area contributed by atoms with Crippen LogP contribution in [0.5, 0.6) is 5.75 Å². The maximum Gasteiger partial charge on any atom is 0.215 e. The fourth-order valence-corrected chi connectivity index (χ4v) is 5.12. The van der Waals surface area contributed by atoms with Crippen molar-refractivity contribution in [3.63, 3.8) is 0 Å². The number of likely N-dealkylation sites (N-methyl/N-ethyl adjacent to an activating group) is 1. The third-order valence-electron chi connectivity index (χ3n) is 6.49. The highest BCUT2D eigenvalue weighted by Crippen LogP contribution is 2.40. The Bertz CT molecular complexity index is 1360. The highest BCUT2D eigenvalue weighted by Gasteiger charge is 2.45. The number of hydrogen-bond donors (Lipinski definition) is 0. The SMILES string of the molecule is CN(C/C=C/c1ccccc1)Cc1ccc(OC[C@H]2CO[C@](Cn3ccnc3)(c3ccc(Cl)cc3Cl)O2)cc1. The van der Waals surface area contributed by atoms with Crippen LogP contribution in [0.2, 0.25) is 10.0 Å². The first kappa shape index (κ1) is 27.4. The summed E-state index contributed by atoms with van der Waals surface area (Å²) in [7, 11) is 2.11. The largest absolute Gasteiger partial charge is 0.491 e. The van der Waals surface area contributed by atoms with Crippen molar-refractivity contribution in [2.24, 2.45) is 0 Å². The Labute approximate surface area is 239 Å². The standard InChI is InChI=1S/C31H31Cl2N3O3/c1-35(16-5-8-24-6-3-2-4-7-24)19-25-9-12-27(13-10-25)37-20-28-21-38-31(39-28,22-36-17-15-34-23-36)29-14-11-26(32)18-30(29)33/h2-15,17-18,23,28H,16,19-22H2,1H3/b8-5+/t28-,31-/m0/s1. The van der Waals surface area contributed by atoms with Gasteiger partial charge in [0.15, 0.2) is 0 Å². The van der Waals surface area contributed by atoms with Crippen LogP contribution in [0.4, 0.5) is 0 Å². The van der Waals surface area contributed by atoms with Gasteiger partial charge >= 0.3 is 0 Å². The Balaban J connectivity index is 1.15. The van der Waals surface area contributed by atoms with Gasteiger partial charge in [0.05, 0.1) is 24.5 Å². The van der Waals surface area contributed by atoms with Crippen molar-refractivity contribution in [3.8, 4) is 5.75 Å². The molecular weight excluding hydrogens is 533 g/mol. The molecule has 1 aliphatic rings. The first-order chi connectivity index (χ1) is 19.0. The maximum atomic E-state index is 6.56. The van der Waals surface area contributed by atoms with Gasteiger partial charge in [-0.05, 0) is 42.4 Å². The summed E-state index contributed by atoms with van der Waals surface area (Å²) in [6.45, 7) is 2.82. The van der Waals surface area contributed by atoms with Crippen LogP contribution < -0.4 is 4.74 Å². The molecule has 1 aromatic heterocycles. The van der Waals surface area contributed by atoms with Crippen LogP contribution in [0.1, 0.15) is 16.7 Å². The van der Waals surface area contributed by atoms with Crippen molar-refractivity contribution in [1.29, 1.82) is 0 Å². The van der Waals surface area contributed by atoms with Gasteiger partial charge in [0, 0.05) is 36.1 Å². The fourth-order valence-electron chi connectivity index (χ4n) is 4.56. The van der Waals surface area contributed by atoms with Crippen molar-refractivity contribution in [2.75, 3.05) is 26.8 Å². The van der Waals surface area contributed by atoms with E-state index in [0.717, 1.165) is 24.4 Å². The number of nitrogens with zero attached hydrogens (tertiary/aromatic N) is 3. The van der Waals surface area contributed by atoms with Gasteiger partial charge in [-0.25, -0.2) is 4.98 Å². The zero-order valence-electron chi connectivity index (χ0n) is 21.8. The van der Waals surface area contributed by atoms with E-state index in [4.69, 9.17) is 37.4 Å². The second-order valence-electron chi connectivity index (χ2n) is 9.63. The summed E-state index contributed by atoms with van der Waals surface area (Å²) < 4.78 is 20.7. The molecule has 0 spiro atoms. The lowest BCUT2D eigenvalue weighted by atomic mass is 10.1. The molecule has 0 radical (unpaired) electrons. The molecule has 0 N–H and O–H groups in total. The van der Waals surface area contributed by atoms with Crippen molar-refractivity contribution in [1.82, 2.24) is 14.5 Å². The number of rotatable bonds is 11. The Hall–Kier alpha value is -3.13. The summed E-state index contributed by atoms with van der Waals surface area (Å²) >= 11 is 12.7. The molecule has 0 saturated carbocycles. The summed E-state index contributed by atoms with van der Waals surface area (Å²) in [5.41, 5.74) is 3.14. The quantitative estimate of drug-likeness (QED) is 0.203. The first-order valence-electron chi connectivity index (χ1n) is 12.8. The lowest BCUT2D eigenvalue weighted by molar-refractivity contribution is -0.189. The third kappa shape index (κ3) is 7.29. The Morgan fingerprint density at radius 2 is 1.92 bits per heavy atom. The minimum absolute atomic E-state index is 0.275. The van der Waals surface area contributed by atoms with E-state index in [1.54, 1.807) is 24.7 Å². The number of imidazole rings is 1. The van der Waals surface area contributed by atoms with Crippen LogP contribution in [0.15, 0.2) is 97.6 Å². The van der Waals surface area contributed by atoms with Crippen LogP contribution in [0, 0.1) is 0 Å². The van der Waals surface area contributed by atoms with Crippen LogP contribution in [-0.2, 0) is 28.4 Å². The van der Waals surface area contributed by atoms with E-state index in [1.165, 1.54) is 11.1 Å². The van der Waals surface area contributed by atoms with Gasteiger partial charge < -0.3 is 18.8 Å². The summed E-state index contributed by atoms with van der Waals surface area (Å²) in [5.74, 6) is -0.287. The van der Waals surface area contributed by atoms with Gasteiger partial charge in [-0.1, -0.05) is 83.9 Å². The van der Waals surface area contributed by atoms with E-state index >= 15 is 0 Å². The number of halogens is 2. The molecule has 0 aliphatic carbocycles. The number of aromatic nitrogens is 2. The molecule has 0 bridgehead atoms. The summed E-state index contributed by atoms with van der Waals surface area (Å²) in [6, 6.07) is 23.8. The highest BCUT2D eigenvalue weighted by atomic mass is 35.5. The zero-order valence-corrected chi connectivity index (χ0v) is 23.3. The van der Waals surface area contributed by atoms with Crippen molar-refractivity contribution < 1.29 is 14.2 Å².